The van der Waals surface area contributed by atoms with E-state index in [1.165, 1.54) is 34.4 Å². The Morgan fingerprint density at radius 3 is 2.74 bits per heavy atom. The molecule has 0 spiro atoms. The highest BCUT2D eigenvalue weighted by Gasteiger charge is 2.32. The number of hydrogen-bond donors (Lipinski definition) is 1. The number of cyclic esters (lactones) is 1. The van der Waals surface area contributed by atoms with Gasteiger partial charge in [-0.2, -0.15) is 10.2 Å². The maximum absolute atomic E-state index is 14.8. The van der Waals surface area contributed by atoms with E-state index in [-0.39, 0.29) is 19.7 Å². The smallest absolute Gasteiger partial charge is 0.414 e. The number of nitrogens with zero attached hydrogens (tertiary/aromatic N) is 5. The predicted octanol–water partition coefficient (Wildman–Crippen LogP) is 1.69. The van der Waals surface area contributed by atoms with Gasteiger partial charge in [-0.05, 0) is 30.3 Å². The van der Waals surface area contributed by atoms with Gasteiger partial charge in [-0.15, -0.1) is 4.80 Å². The minimum absolute atomic E-state index is 0.0894. The third kappa shape index (κ3) is 4.51. The first-order valence-corrected chi connectivity index (χ1v) is 9.51. The summed E-state index contributed by atoms with van der Waals surface area (Å²) >= 11 is 0. The van der Waals surface area contributed by atoms with Gasteiger partial charge in [0, 0.05) is 23.7 Å². The molecule has 1 saturated heterocycles. The average Bonchev–Trinajstić information content (AvgIpc) is 3.44. The number of nitrogens with two attached hydrogens (primary N) is 1. The third-order valence-electron chi connectivity index (χ3n) is 4.69. The summed E-state index contributed by atoms with van der Waals surface area (Å²) in [5.74, 6) is -0.520. The number of benzene rings is 1. The summed E-state index contributed by atoms with van der Waals surface area (Å²) < 4.78 is 25.0. The van der Waals surface area contributed by atoms with Crippen LogP contribution in [0.3, 0.4) is 0 Å². The highest BCUT2D eigenvalue weighted by molar-refractivity contribution is 5.90. The topological polar surface area (TPSA) is 125 Å². The number of hydrogen-bond acceptors (Lipinski definition) is 8. The van der Waals surface area contributed by atoms with Crippen molar-refractivity contribution in [2.24, 2.45) is 5.73 Å². The fourth-order valence-electron chi connectivity index (χ4n) is 3.15. The van der Waals surface area contributed by atoms with Crippen LogP contribution in [-0.2, 0) is 14.3 Å². The quantitative estimate of drug-likeness (QED) is 0.566. The van der Waals surface area contributed by atoms with Crippen molar-refractivity contribution in [3.8, 4) is 16.9 Å². The number of pyridine rings is 1. The van der Waals surface area contributed by atoms with Gasteiger partial charge in [0.2, 0.25) is 0 Å². The second kappa shape index (κ2) is 8.88. The van der Waals surface area contributed by atoms with Crippen LogP contribution >= 0.6 is 0 Å². The zero-order valence-electron chi connectivity index (χ0n) is 16.3. The van der Waals surface area contributed by atoms with E-state index in [9.17, 15) is 14.0 Å². The molecule has 0 bridgehead atoms. The van der Waals surface area contributed by atoms with Crippen LogP contribution in [0.25, 0.3) is 16.9 Å². The molecule has 0 aliphatic carbocycles. The highest BCUT2D eigenvalue weighted by Crippen LogP contribution is 2.29. The standard InChI is InChI=1S/C20H19FN6O4/c21-17-9-14(26-12-15(31-20(26)29)5-8-30-19(28)10-22)2-3-16(17)13-1-4-18(23-11-13)27-24-6-7-25-27/h1-4,6-7,9,11,15H,5,8,10,12,22H2/t15-/m1/s1. The normalized spacial score (nSPS) is 15.7. The number of halogens is 1. The lowest BCUT2D eigenvalue weighted by molar-refractivity contribution is -0.142. The molecule has 160 valence electrons. The summed E-state index contributed by atoms with van der Waals surface area (Å²) in [6.07, 6.45) is 3.88. The number of ether oxygens (including phenoxy) is 2. The Hall–Kier alpha value is -3.86. The summed E-state index contributed by atoms with van der Waals surface area (Å²) in [6.45, 7) is 0.109. The van der Waals surface area contributed by atoms with Crippen molar-refractivity contribution < 1.29 is 23.5 Å². The van der Waals surface area contributed by atoms with Gasteiger partial charge in [-0.1, -0.05) is 0 Å². The lowest BCUT2D eigenvalue weighted by Gasteiger charge is -2.14. The SMILES string of the molecule is NCC(=O)OCC[C@@H]1CN(c2ccc(-c3ccc(-n4nccn4)nc3)c(F)c2)C(=O)O1. The van der Waals surface area contributed by atoms with Crippen molar-refractivity contribution in [2.75, 3.05) is 24.6 Å². The van der Waals surface area contributed by atoms with Gasteiger partial charge in [-0.3, -0.25) is 9.69 Å². The van der Waals surface area contributed by atoms with E-state index in [1.54, 1.807) is 24.3 Å². The van der Waals surface area contributed by atoms with Crippen molar-refractivity contribution in [3.63, 3.8) is 0 Å². The van der Waals surface area contributed by atoms with Gasteiger partial charge < -0.3 is 15.2 Å². The molecule has 3 heterocycles. The van der Waals surface area contributed by atoms with Crippen LogP contribution in [0.5, 0.6) is 0 Å². The minimum atomic E-state index is -0.583. The fourth-order valence-corrected chi connectivity index (χ4v) is 3.15. The number of carbonyl (C=O) groups excluding carboxylic acids is 2. The van der Waals surface area contributed by atoms with Crippen LogP contribution in [0, 0.1) is 5.82 Å². The van der Waals surface area contributed by atoms with Crippen LogP contribution in [-0.4, -0.2) is 57.8 Å². The fraction of sp³-hybridized carbons (Fsp3) is 0.250. The molecule has 31 heavy (non-hydrogen) atoms. The molecule has 1 aliphatic heterocycles. The van der Waals surface area contributed by atoms with E-state index in [1.807, 2.05) is 0 Å². The lowest BCUT2D eigenvalue weighted by Crippen LogP contribution is -2.25. The molecule has 1 aliphatic rings. The Balaban J connectivity index is 1.44. The summed E-state index contributed by atoms with van der Waals surface area (Å²) in [7, 11) is 0. The van der Waals surface area contributed by atoms with E-state index in [0.717, 1.165) is 0 Å². The van der Waals surface area contributed by atoms with Crippen LogP contribution in [0.4, 0.5) is 14.9 Å². The monoisotopic (exact) mass is 426 g/mol. The number of carbonyl (C=O) groups is 2. The maximum Gasteiger partial charge on any atom is 0.414 e. The van der Waals surface area contributed by atoms with Crippen molar-refractivity contribution in [2.45, 2.75) is 12.5 Å². The number of rotatable bonds is 7. The molecule has 1 fully saturated rings. The second-order valence-electron chi connectivity index (χ2n) is 6.72. The molecule has 0 radical (unpaired) electrons. The van der Waals surface area contributed by atoms with Crippen molar-refractivity contribution >= 4 is 17.7 Å². The van der Waals surface area contributed by atoms with Crippen molar-refractivity contribution in [1.82, 2.24) is 20.0 Å². The molecular formula is C20H19FN6O4. The molecule has 0 saturated carbocycles. The van der Waals surface area contributed by atoms with Crippen LogP contribution in [0.15, 0.2) is 48.9 Å². The number of aromatic nitrogens is 4. The minimum Gasteiger partial charge on any atom is -0.465 e. The van der Waals surface area contributed by atoms with Crippen molar-refractivity contribution in [3.05, 3.63) is 54.7 Å². The predicted molar refractivity (Wildman–Crippen MR) is 107 cm³/mol. The Kier molecular flexibility index (Phi) is 5.85. The van der Waals surface area contributed by atoms with E-state index in [0.29, 0.717) is 29.1 Å². The molecule has 2 aromatic heterocycles. The molecule has 3 aromatic rings. The Labute approximate surface area is 176 Å². The molecular weight excluding hydrogens is 407 g/mol. The molecule has 0 unspecified atom stereocenters. The van der Waals surface area contributed by atoms with Crippen LogP contribution in [0.2, 0.25) is 0 Å². The number of esters is 1. The summed E-state index contributed by atoms with van der Waals surface area (Å²) in [5, 5.41) is 7.99. The molecule has 2 N–H and O–H groups in total. The average molecular weight is 426 g/mol. The van der Waals surface area contributed by atoms with Crippen LogP contribution < -0.4 is 10.6 Å². The van der Waals surface area contributed by atoms with E-state index in [4.69, 9.17) is 15.2 Å². The van der Waals surface area contributed by atoms with Gasteiger partial charge in [-0.25, -0.2) is 14.2 Å². The van der Waals surface area contributed by atoms with Gasteiger partial charge in [0.15, 0.2) is 5.82 Å². The Morgan fingerprint density at radius 1 is 1.26 bits per heavy atom. The molecule has 10 nitrogen and oxygen atoms in total. The summed E-state index contributed by atoms with van der Waals surface area (Å²) in [6, 6.07) is 7.89. The third-order valence-corrected chi connectivity index (χ3v) is 4.69. The molecule has 1 aromatic carbocycles. The first-order chi connectivity index (χ1) is 15.0. The summed E-state index contributed by atoms with van der Waals surface area (Å²) in [5.41, 5.74) is 6.46. The Bertz CT molecular complexity index is 1070. The van der Waals surface area contributed by atoms with Crippen LogP contribution in [0.1, 0.15) is 6.42 Å². The first kappa shape index (κ1) is 20.4. The zero-order valence-corrected chi connectivity index (χ0v) is 16.3. The van der Waals surface area contributed by atoms with Gasteiger partial charge in [0.1, 0.15) is 11.9 Å². The van der Waals surface area contributed by atoms with Gasteiger partial charge in [0.25, 0.3) is 0 Å². The lowest BCUT2D eigenvalue weighted by atomic mass is 10.1. The molecule has 4 rings (SSSR count). The van der Waals surface area contributed by atoms with E-state index >= 15 is 0 Å². The second-order valence-corrected chi connectivity index (χ2v) is 6.72. The first-order valence-electron chi connectivity index (χ1n) is 9.51. The van der Waals surface area contributed by atoms with Crippen molar-refractivity contribution in [1.29, 1.82) is 0 Å². The number of amides is 1. The number of anilines is 1. The highest BCUT2D eigenvalue weighted by atomic mass is 19.1. The largest absolute Gasteiger partial charge is 0.465 e. The van der Waals surface area contributed by atoms with Gasteiger partial charge in [0.05, 0.1) is 37.8 Å². The maximum atomic E-state index is 14.8. The molecule has 11 heteroatoms. The Morgan fingerprint density at radius 2 is 2.06 bits per heavy atom. The van der Waals surface area contributed by atoms with E-state index < -0.39 is 24.0 Å². The van der Waals surface area contributed by atoms with Gasteiger partial charge >= 0.3 is 12.1 Å². The molecule has 1 atom stereocenters. The van der Waals surface area contributed by atoms with E-state index in [2.05, 4.69) is 15.2 Å². The molecule has 1 amide bonds. The zero-order chi connectivity index (χ0) is 21.8. The summed E-state index contributed by atoms with van der Waals surface area (Å²) in [4.78, 5) is 30.2.